The van der Waals surface area contributed by atoms with Gasteiger partial charge < -0.3 is 14.9 Å². The summed E-state index contributed by atoms with van der Waals surface area (Å²) in [5, 5.41) is 7.97. The summed E-state index contributed by atoms with van der Waals surface area (Å²) in [7, 11) is -1.64. The SMILES string of the molecule is CN1CCc2cc(N3CC[C@H](NS(=O)(=O)C=Cc4ccc(Cl)s4)C3=O)ccc2C1.O=CO. The second-order valence-electron chi connectivity index (χ2n) is 7.48. The molecule has 2 N–H and O–H groups in total. The number of nitrogens with one attached hydrogen (secondary N) is 1. The number of carbonyl (C=O) groups excluding carboxylic acids is 1. The van der Waals surface area contributed by atoms with Crippen LogP contribution in [0.25, 0.3) is 6.08 Å². The second kappa shape index (κ2) is 10.6. The summed E-state index contributed by atoms with van der Waals surface area (Å²) in [5.41, 5.74) is 3.38. The minimum Gasteiger partial charge on any atom is -0.483 e. The number of benzene rings is 1. The van der Waals surface area contributed by atoms with Crippen LogP contribution < -0.4 is 9.62 Å². The van der Waals surface area contributed by atoms with Crippen molar-refractivity contribution in [1.82, 2.24) is 9.62 Å². The van der Waals surface area contributed by atoms with E-state index < -0.39 is 16.1 Å². The van der Waals surface area contributed by atoms with Crippen molar-refractivity contribution >= 4 is 57.1 Å². The van der Waals surface area contributed by atoms with Crippen molar-refractivity contribution in [2.24, 2.45) is 0 Å². The van der Waals surface area contributed by atoms with Gasteiger partial charge in [0.05, 0.1) is 4.34 Å². The van der Waals surface area contributed by atoms with Crippen molar-refractivity contribution in [2.45, 2.75) is 25.4 Å². The van der Waals surface area contributed by atoms with E-state index in [1.54, 1.807) is 17.0 Å². The van der Waals surface area contributed by atoms with Gasteiger partial charge in [0, 0.05) is 35.6 Å². The first kappa shape index (κ1) is 24.4. The van der Waals surface area contributed by atoms with Gasteiger partial charge in [-0.25, -0.2) is 8.42 Å². The number of thiophene rings is 1. The molecule has 0 aliphatic carbocycles. The molecule has 1 fully saturated rings. The first-order valence-corrected chi connectivity index (χ1v) is 12.6. The predicted octanol–water partition coefficient (Wildman–Crippen LogP) is 2.79. The summed E-state index contributed by atoms with van der Waals surface area (Å²) in [6.07, 6.45) is 2.88. The number of fused-ring (bicyclic) bond motifs is 1. The number of hydrogen-bond donors (Lipinski definition) is 2. The van der Waals surface area contributed by atoms with Crippen LogP contribution >= 0.6 is 22.9 Å². The fourth-order valence-corrected chi connectivity index (χ4v) is 5.78. The molecule has 1 saturated heterocycles. The van der Waals surface area contributed by atoms with Crippen molar-refractivity contribution in [3.05, 3.63) is 56.1 Å². The Bertz CT molecular complexity index is 1120. The van der Waals surface area contributed by atoms with E-state index in [0.717, 1.165) is 35.5 Å². The van der Waals surface area contributed by atoms with Gasteiger partial charge in [0.1, 0.15) is 6.04 Å². The topological polar surface area (TPSA) is 107 Å². The van der Waals surface area contributed by atoms with Gasteiger partial charge in [-0.3, -0.25) is 9.59 Å². The molecule has 2 aliphatic rings. The van der Waals surface area contributed by atoms with Crippen LogP contribution in [0.3, 0.4) is 0 Å². The molecule has 0 bridgehead atoms. The van der Waals surface area contributed by atoms with E-state index in [0.29, 0.717) is 17.3 Å². The van der Waals surface area contributed by atoms with Gasteiger partial charge in [0.25, 0.3) is 6.47 Å². The van der Waals surface area contributed by atoms with Crippen LogP contribution in [0.2, 0.25) is 4.34 Å². The summed E-state index contributed by atoms with van der Waals surface area (Å²) in [4.78, 5) is 25.9. The fourth-order valence-electron chi connectivity index (χ4n) is 3.71. The third-order valence-corrected chi connectivity index (χ3v) is 7.53. The van der Waals surface area contributed by atoms with Crippen LogP contribution in [0.5, 0.6) is 0 Å². The average molecular weight is 498 g/mol. The number of halogens is 1. The highest BCUT2D eigenvalue weighted by atomic mass is 35.5. The largest absolute Gasteiger partial charge is 0.483 e. The molecule has 172 valence electrons. The maximum atomic E-state index is 12.8. The summed E-state index contributed by atoms with van der Waals surface area (Å²) in [5.74, 6) is -0.214. The van der Waals surface area contributed by atoms with Crippen molar-refractivity contribution in [1.29, 1.82) is 0 Å². The summed E-state index contributed by atoms with van der Waals surface area (Å²) < 4.78 is 27.9. The highest BCUT2D eigenvalue weighted by Crippen LogP contribution is 2.28. The maximum absolute atomic E-state index is 12.8. The molecular weight excluding hydrogens is 474 g/mol. The minimum absolute atomic E-state index is 0.214. The number of hydrogen-bond acceptors (Lipinski definition) is 6. The third kappa shape index (κ3) is 6.17. The normalized spacial score (nSPS) is 19.0. The van der Waals surface area contributed by atoms with Crippen LogP contribution in [0, 0.1) is 0 Å². The smallest absolute Gasteiger partial charge is 0.290 e. The lowest BCUT2D eigenvalue weighted by molar-refractivity contribution is -0.123. The average Bonchev–Trinajstić information content (AvgIpc) is 3.32. The van der Waals surface area contributed by atoms with Gasteiger partial charge in [0.2, 0.25) is 15.9 Å². The summed E-state index contributed by atoms with van der Waals surface area (Å²) in [6.45, 7) is 2.15. The van der Waals surface area contributed by atoms with Gasteiger partial charge in [-0.2, -0.15) is 4.72 Å². The molecular formula is C21H24ClN3O5S2. The molecule has 0 spiro atoms. The number of rotatable bonds is 5. The highest BCUT2D eigenvalue weighted by Gasteiger charge is 2.35. The van der Waals surface area contributed by atoms with Crippen molar-refractivity contribution in [2.75, 3.05) is 25.0 Å². The van der Waals surface area contributed by atoms with Gasteiger partial charge in [-0.1, -0.05) is 17.7 Å². The molecule has 1 amide bonds. The number of sulfonamides is 1. The monoisotopic (exact) mass is 497 g/mol. The zero-order valence-electron chi connectivity index (χ0n) is 17.4. The Kier molecular flexibility index (Phi) is 8.07. The molecule has 11 heteroatoms. The Morgan fingerprint density at radius 2 is 1.97 bits per heavy atom. The molecule has 3 heterocycles. The second-order valence-corrected chi connectivity index (χ2v) is 10.8. The van der Waals surface area contributed by atoms with E-state index in [9.17, 15) is 13.2 Å². The van der Waals surface area contributed by atoms with Crippen LogP contribution in [0.1, 0.15) is 22.4 Å². The van der Waals surface area contributed by atoms with Gasteiger partial charge in [-0.15, -0.1) is 11.3 Å². The Labute approximate surface area is 196 Å². The van der Waals surface area contributed by atoms with Crippen LogP contribution in [0.15, 0.2) is 35.7 Å². The molecule has 0 saturated carbocycles. The first-order chi connectivity index (χ1) is 15.2. The Morgan fingerprint density at radius 1 is 1.22 bits per heavy atom. The highest BCUT2D eigenvalue weighted by molar-refractivity contribution is 7.92. The van der Waals surface area contributed by atoms with Crippen molar-refractivity contribution < 1.29 is 23.1 Å². The quantitative estimate of drug-likeness (QED) is 0.615. The van der Waals surface area contributed by atoms with Crippen molar-refractivity contribution in [3.63, 3.8) is 0 Å². The van der Waals surface area contributed by atoms with E-state index in [1.807, 2.05) is 6.07 Å². The Balaban J connectivity index is 0.000000913. The molecule has 4 rings (SSSR count). The number of carboxylic acid groups (broad SMARTS) is 1. The molecule has 32 heavy (non-hydrogen) atoms. The fraction of sp³-hybridized carbons (Fsp3) is 0.333. The van der Waals surface area contributed by atoms with Crippen molar-refractivity contribution in [3.8, 4) is 0 Å². The molecule has 1 aromatic heterocycles. The molecule has 0 unspecified atom stereocenters. The minimum atomic E-state index is -3.73. The first-order valence-electron chi connectivity index (χ1n) is 9.87. The lowest BCUT2D eigenvalue weighted by Gasteiger charge is -2.26. The molecule has 8 nitrogen and oxygen atoms in total. The van der Waals surface area contributed by atoms with Gasteiger partial charge >= 0.3 is 0 Å². The van der Waals surface area contributed by atoms with E-state index in [4.69, 9.17) is 21.5 Å². The number of likely N-dealkylation sites (N-methyl/N-ethyl adjacent to an activating group) is 1. The number of nitrogens with zero attached hydrogens (tertiary/aromatic N) is 2. The molecule has 2 aliphatic heterocycles. The van der Waals surface area contributed by atoms with Crippen LogP contribution in [-0.4, -0.2) is 57.0 Å². The molecule has 2 aromatic rings. The zero-order valence-corrected chi connectivity index (χ0v) is 19.8. The van der Waals surface area contributed by atoms with E-state index >= 15 is 0 Å². The maximum Gasteiger partial charge on any atom is 0.290 e. The predicted molar refractivity (Wildman–Crippen MR) is 126 cm³/mol. The van der Waals surface area contributed by atoms with Gasteiger partial charge in [-0.05, 0) is 61.4 Å². The Hall–Kier alpha value is -2.24. The summed E-state index contributed by atoms with van der Waals surface area (Å²) in [6, 6.07) is 8.79. The number of anilines is 1. The van der Waals surface area contributed by atoms with E-state index in [2.05, 4.69) is 28.8 Å². The van der Waals surface area contributed by atoms with Crippen LogP contribution in [0.4, 0.5) is 5.69 Å². The number of carbonyl (C=O) groups is 2. The lowest BCUT2D eigenvalue weighted by Crippen LogP contribution is -2.40. The zero-order chi connectivity index (χ0) is 23.3. The lowest BCUT2D eigenvalue weighted by atomic mass is 9.99. The van der Waals surface area contributed by atoms with E-state index in [-0.39, 0.29) is 12.4 Å². The van der Waals surface area contributed by atoms with E-state index in [1.165, 1.54) is 28.5 Å². The van der Waals surface area contributed by atoms with Crippen LogP contribution in [-0.2, 0) is 32.6 Å². The Morgan fingerprint density at radius 3 is 2.66 bits per heavy atom. The molecule has 0 radical (unpaired) electrons. The summed E-state index contributed by atoms with van der Waals surface area (Å²) >= 11 is 7.15. The third-order valence-electron chi connectivity index (χ3n) is 5.22. The molecule has 1 atom stereocenters. The standard InChI is InChI=1S/C20H22ClN3O3S2.CH2O2/c1-23-9-6-14-12-16(3-2-15(14)13-23)24-10-7-18(20(24)25)22-29(26,27)11-8-17-4-5-19(21)28-17;2-1-3/h2-5,8,11-12,18,22H,6-7,9-10,13H2,1H3;1H,(H,2,3)/t18-;/m0./s1. The van der Waals surface area contributed by atoms with Gasteiger partial charge in [0.15, 0.2) is 0 Å². The number of amides is 1. The molecule has 1 aromatic carbocycles.